The summed E-state index contributed by atoms with van der Waals surface area (Å²) >= 11 is 0. The van der Waals surface area contributed by atoms with Crippen molar-refractivity contribution in [1.29, 1.82) is 0 Å². The molecule has 0 aliphatic carbocycles. The molecule has 0 radical (unpaired) electrons. The van der Waals surface area contributed by atoms with E-state index < -0.39 is 22.6 Å². The van der Waals surface area contributed by atoms with Gasteiger partial charge in [-0.25, -0.2) is 0 Å². The van der Waals surface area contributed by atoms with E-state index in [0.29, 0.717) is 0 Å². The number of rotatable bonds is 3. The van der Waals surface area contributed by atoms with Crippen molar-refractivity contribution in [3.8, 4) is 0 Å². The van der Waals surface area contributed by atoms with E-state index in [4.69, 9.17) is 0 Å². The Morgan fingerprint density at radius 1 is 1.08 bits per heavy atom. The minimum Gasteiger partial charge on any atom is -0.321 e. The summed E-state index contributed by atoms with van der Waals surface area (Å²) in [6, 6.07) is 9.96. The Morgan fingerprint density at radius 3 is 2.50 bits per heavy atom. The summed E-state index contributed by atoms with van der Waals surface area (Å²) in [6.07, 6.45) is 0. The quantitative estimate of drug-likeness (QED) is 0.528. The Morgan fingerprint density at radius 2 is 1.79 bits per heavy atom. The summed E-state index contributed by atoms with van der Waals surface area (Å²) in [5, 5.41) is 13.5. The minimum atomic E-state index is -0.731. The van der Waals surface area contributed by atoms with Crippen LogP contribution in [-0.2, 0) is 0 Å². The molecule has 2 aromatic carbocycles. The number of para-hydroxylation sites is 1. The number of anilines is 1. The van der Waals surface area contributed by atoms with Gasteiger partial charge in [0, 0.05) is 13.1 Å². The molecular weight excluding hydrogens is 314 g/mol. The number of carbonyl (C=O) groups is 3. The van der Waals surface area contributed by atoms with E-state index in [1.165, 1.54) is 49.5 Å². The van der Waals surface area contributed by atoms with E-state index in [-0.39, 0.29) is 28.1 Å². The van der Waals surface area contributed by atoms with Gasteiger partial charge in [0.2, 0.25) is 0 Å². The lowest BCUT2D eigenvalue weighted by atomic mass is 10.1. The molecule has 1 N–H and O–H groups in total. The minimum absolute atomic E-state index is 0.0805. The topological polar surface area (TPSA) is 110 Å². The highest BCUT2D eigenvalue weighted by molar-refractivity contribution is 6.24. The molecule has 24 heavy (non-hydrogen) atoms. The molecule has 8 nitrogen and oxygen atoms in total. The number of hydrogen-bond donors (Lipinski definition) is 1. The average molecular weight is 325 g/mol. The Kier molecular flexibility index (Phi) is 3.57. The summed E-state index contributed by atoms with van der Waals surface area (Å²) in [5.74, 6) is -1.73. The van der Waals surface area contributed by atoms with Crippen LogP contribution in [0.25, 0.3) is 0 Å². The molecule has 0 aromatic heterocycles. The van der Waals surface area contributed by atoms with Gasteiger partial charge in [-0.15, -0.1) is 0 Å². The van der Waals surface area contributed by atoms with E-state index in [0.717, 1.165) is 4.90 Å². The fourth-order valence-corrected chi connectivity index (χ4v) is 2.52. The molecule has 1 heterocycles. The van der Waals surface area contributed by atoms with Crippen molar-refractivity contribution in [2.45, 2.75) is 0 Å². The van der Waals surface area contributed by atoms with Crippen LogP contribution in [0.1, 0.15) is 31.1 Å². The van der Waals surface area contributed by atoms with Crippen LogP contribution >= 0.6 is 0 Å². The number of imide groups is 1. The SMILES string of the molecule is CN1C(=O)c2cccc(NC(=O)c3ccccc3[N+](=O)[O-])c2C1=O. The van der Waals surface area contributed by atoms with Crippen molar-refractivity contribution in [3.63, 3.8) is 0 Å². The highest BCUT2D eigenvalue weighted by Crippen LogP contribution is 2.29. The summed E-state index contributed by atoms with van der Waals surface area (Å²) < 4.78 is 0. The normalized spacial score (nSPS) is 13.0. The highest BCUT2D eigenvalue weighted by Gasteiger charge is 2.35. The smallest absolute Gasteiger partial charge is 0.282 e. The first-order chi connectivity index (χ1) is 11.4. The second-order valence-corrected chi connectivity index (χ2v) is 5.13. The van der Waals surface area contributed by atoms with Gasteiger partial charge >= 0.3 is 0 Å². The molecule has 2 aromatic rings. The van der Waals surface area contributed by atoms with Crippen LogP contribution in [0.3, 0.4) is 0 Å². The van der Waals surface area contributed by atoms with Gasteiger partial charge in [0.05, 0.1) is 21.7 Å². The highest BCUT2D eigenvalue weighted by atomic mass is 16.6. The van der Waals surface area contributed by atoms with Crippen LogP contribution in [0.2, 0.25) is 0 Å². The average Bonchev–Trinajstić information content (AvgIpc) is 2.80. The van der Waals surface area contributed by atoms with Crippen LogP contribution in [0.4, 0.5) is 11.4 Å². The number of fused-ring (bicyclic) bond motifs is 1. The molecule has 1 aliphatic heterocycles. The Hall–Kier alpha value is -3.55. The third-order valence-corrected chi connectivity index (χ3v) is 3.71. The van der Waals surface area contributed by atoms with Gasteiger partial charge in [-0.2, -0.15) is 0 Å². The molecule has 0 atom stereocenters. The molecule has 0 spiro atoms. The van der Waals surface area contributed by atoms with Crippen molar-refractivity contribution in [1.82, 2.24) is 4.90 Å². The maximum atomic E-state index is 12.4. The van der Waals surface area contributed by atoms with Crippen LogP contribution < -0.4 is 5.32 Å². The lowest BCUT2D eigenvalue weighted by Gasteiger charge is -2.09. The Balaban J connectivity index is 2.00. The second kappa shape index (κ2) is 5.58. The number of benzene rings is 2. The zero-order valence-electron chi connectivity index (χ0n) is 12.5. The van der Waals surface area contributed by atoms with E-state index >= 15 is 0 Å². The molecule has 120 valence electrons. The molecule has 0 unspecified atom stereocenters. The number of nitrogens with zero attached hydrogens (tertiary/aromatic N) is 2. The zero-order valence-corrected chi connectivity index (χ0v) is 12.5. The largest absolute Gasteiger partial charge is 0.321 e. The standard InChI is InChI=1S/C16H11N3O5/c1-18-15(21)10-6-4-7-11(13(10)16(18)22)17-14(20)9-5-2-3-8-12(9)19(23)24/h2-8H,1H3,(H,17,20). The summed E-state index contributed by atoms with van der Waals surface area (Å²) in [6.45, 7) is 0. The predicted octanol–water partition coefficient (Wildman–Crippen LogP) is 2.07. The van der Waals surface area contributed by atoms with Crippen molar-refractivity contribution in [2.75, 3.05) is 12.4 Å². The van der Waals surface area contributed by atoms with E-state index in [1.54, 1.807) is 0 Å². The monoisotopic (exact) mass is 325 g/mol. The summed E-state index contributed by atoms with van der Waals surface area (Å²) in [5.41, 5.74) is -0.0783. The number of nitro groups is 1. The predicted molar refractivity (Wildman–Crippen MR) is 83.9 cm³/mol. The summed E-state index contributed by atoms with van der Waals surface area (Å²) in [7, 11) is 1.35. The molecule has 3 amide bonds. The third-order valence-electron chi connectivity index (χ3n) is 3.71. The lowest BCUT2D eigenvalue weighted by molar-refractivity contribution is -0.385. The lowest BCUT2D eigenvalue weighted by Crippen LogP contribution is -2.24. The van der Waals surface area contributed by atoms with Gasteiger partial charge in [0.1, 0.15) is 5.56 Å². The molecule has 0 saturated carbocycles. The number of hydrogen-bond acceptors (Lipinski definition) is 5. The summed E-state index contributed by atoms with van der Waals surface area (Å²) in [4.78, 5) is 47.8. The fourth-order valence-electron chi connectivity index (χ4n) is 2.52. The van der Waals surface area contributed by atoms with Crippen molar-refractivity contribution in [2.24, 2.45) is 0 Å². The number of nitro benzene ring substituents is 1. The molecule has 0 saturated heterocycles. The third kappa shape index (κ3) is 2.30. The zero-order chi connectivity index (χ0) is 17.4. The maximum absolute atomic E-state index is 12.4. The van der Waals surface area contributed by atoms with Crippen molar-refractivity contribution < 1.29 is 19.3 Å². The van der Waals surface area contributed by atoms with Crippen LogP contribution in [0.5, 0.6) is 0 Å². The van der Waals surface area contributed by atoms with Crippen molar-refractivity contribution >= 4 is 29.1 Å². The van der Waals surface area contributed by atoms with Gasteiger partial charge in [-0.1, -0.05) is 18.2 Å². The molecule has 8 heteroatoms. The van der Waals surface area contributed by atoms with Crippen LogP contribution in [0, 0.1) is 10.1 Å². The van der Waals surface area contributed by atoms with Crippen LogP contribution in [-0.4, -0.2) is 34.6 Å². The maximum Gasteiger partial charge on any atom is 0.282 e. The van der Waals surface area contributed by atoms with Gasteiger partial charge in [-0.05, 0) is 18.2 Å². The van der Waals surface area contributed by atoms with E-state index in [1.807, 2.05) is 0 Å². The van der Waals surface area contributed by atoms with Gasteiger partial charge in [0.25, 0.3) is 23.4 Å². The molecule has 3 rings (SSSR count). The van der Waals surface area contributed by atoms with E-state index in [2.05, 4.69) is 5.32 Å². The first-order valence-electron chi connectivity index (χ1n) is 6.92. The van der Waals surface area contributed by atoms with E-state index in [9.17, 15) is 24.5 Å². The number of nitrogens with one attached hydrogen (secondary N) is 1. The fraction of sp³-hybridized carbons (Fsp3) is 0.0625. The first-order valence-corrected chi connectivity index (χ1v) is 6.92. The molecule has 0 bridgehead atoms. The number of carbonyl (C=O) groups excluding carboxylic acids is 3. The molecule has 0 fully saturated rings. The Labute approximate surface area is 135 Å². The molecular formula is C16H11N3O5. The second-order valence-electron chi connectivity index (χ2n) is 5.13. The van der Waals surface area contributed by atoms with Crippen LogP contribution in [0.15, 0.2) is 42.5 Å². The van der Waals surface area contributed by atoms with Gasteiger partial charge in [-0.3, -0.25) is 29.4 Å². The Bertz CT molecular complexity index is 906. The van der Waals surface area contributed by atoms with Crippen molar-refractivity contribution in [3.05, 3.63) is 69.3 Å². The molecule has 1 aliphatic rings. The first kappa shape index (κ1) is 15.3. The van der Waals surface area contributed by atoms with Gasteiger partial charge < -0.3 is 5.32 Å². The number of amides is 3. The van der Waals surface area contributed by atoms with Gasteiger partial charge in [0.15, 0.2) is 0 Å².